The third-order valence-electron chi connectivity index (χ3n) is 7.00. The molecule has 3 aromatic carbocycles. The van der Waals surface area contributed by atoms with Crippen LogP contribution in [0.4, 0.5) is 4.39 Å². The van der Waals surface area contributed by atoms with Crippen LogP contribution in [0.1, 0.15) is 47.6 Å². The zero-order valence-electron chi connectivity index (χ0n) is 22.5. The van der Waals surface area contributed by atoms with E-state index in [1.165, 1.54) is 0 Å². The van der Waals surface area contributed by atoms with Gasteiger partial charge in [0.05, 0.1) is 18.7 Å². The maximum atomic E-state index is 14.5. The van der Waals surface area contributed by atoms with Crippen LogP contribution in [0.5, 0.6) is 0 Å². The molecule has 0 spiro atoms. The van der Waals surface area contributed by atoms with E-state index < -0.39 is 18.3 Å². The summed E-state index contributed by atoms with van der Waals surface area (Å²) in [6, 6.07) is 24.8. The second-order valence-corrected chi connectivity index (χ2v) is 10.2. The van der Waals surface area contributed by atoms with Crippen molar-refractivity contribution in [2.45, 2.75) is 46.3 Å². The minimum atomic E-state index is -0.887. The molecule has 40 heavy (non-hydrogen) atoms. The number of halogens is 1. The third-order valence-corrected chi connectivity index (χ3v) is 7.00. The smallest absolute Gasteiger partial charge is 0.291 e. The molecule has 1 N–H and O–H groups in total. The maximum Gasteiger partial charge on any atom is 0.335 e. The van der Waals surface area contributed by atoms with Gasteiger partial charge in [-0.05, 0) is 46.2 Å². The summed E-state index contributed by atoms with van der Waals surface area (Å²) in [5.41, 5.74) is 4.62. The topological polar surface area (TPSA) is 98.5 Å². The number of hydrogen-bond donors (Lipinski definition) is 1. The standard InChI is InChI=1S/C31H31FN6O2/c1-21(2)12-17-27-28(19-32)38(29(39)18-22-8-4-3-5-9-22)31(40)37(27)20-23-13-15-24(16-14-23)25-10-6-7-11-26(25)30-33-35-36-34-30/h3-11,13-16,21H,12,17-20H2,1-2H3,(H,33,34,35,36). The molecule has 0 aliphatic rings. The number of H-pyrrole nitrogens is 1. The van der Waals surface area contributed by atoms with Crippen molar-refractivity contribution in [2.24, 2.45) is 5.92 Å². The summed E-state index contributed by atoms with van der Waals surface area (Å²) in [5, 5.41) is 14.4. The second-order valence-electron chi connectivity index (χ2n) is 10.2. The molecule has 2 heterocycles. The van der Waals surface area contributed by atoms with Gasteiger partial charge in [-0.25, -0.2) is 13.8 Å². The van der Waals surface area contributed by atoms with Gasteiger partial charge in [0.25, 0.3) is 0 Å². The summed E-state index contributed by atoms with van der Waals surface area (Å²) < 4.78 is 17.1. The Morgan fingerprint density at radius 3 is 2.25 bits per heavy atom. The van der Waals surface area contributed by atoms with Gasteiger partial charge in [-0.15, -0.1) is 10.2 Å². The fraction of sp³-hybridized carbons (Fsp3) is 0.258. The highest BCUT2D eigenvalue weighted by molar-refractivity contribution is 5.82. The summed E-state index contributed by atoms with van der Waals surface area (Å²) >= 11 is 0. The molecule has 0 fully saturated rings. The van der Waals surface area contributed by atoms with Gasteiger partial charge in [-0.2, -0.15) is 5.21 Å². The number of rotatable bonds is 10. The quantitative estimate of drug-likeness (QED) is 0.254. The molecular weight excluding hydrogens is 507 g/mol. The van der Waals surface area contributed by atoms with Gasteiger partial charge in [0, 0.05) is 11.3 Å². The largest absolute Gasteiger partial charge is 0.335 e. The summed E-state index contributed by atoms with van der Waals surface area (Å²) in [7, 11) is 0. The Labute approximate surface area is 231 Å². The lowest BCUT2D eigenvalue weighted by molar-refractivity contribution is 0.0903. The van der Waals surface area contributed by atoms with Crippen molar-refractivity contribution >= 4 is 5.91 Å². The van der Waals surface area contributed by atoms with Crippen LogP contribution in [0.2, 0.25) is 0 Å². The second kappa shape index (κ2) is 12.0. The summed E-state index contributed by atoms with van der Waals surface area (Å²) in [4.78, 5) is 26.9. The number of alkyl halides is 1. The number of carbonyl (C=O) groups excluding carboxylic acids is 1. The molecular formula is C31H31FN6O2. The number of tetrazole rings is 1. The molecule has 0 saturated carbocycles. The summed E-state index contributed by atoms with van der Waals surface area (Å²) in [6.07, 6.45) is 1.30. The van der Waals surface area contributed by atoms with E-state index in [0.29, 0.717) is 23.9 Å². The monoisotopic (exact) mass is 538 g/mol. The molecule has 9 heteroatoms. The molecule has 204 valence electrons. The maximum absolute atomic E-state index is 14.5. The number of aromatic nitrogens is 6. The molecule has 2 aromatic heterocycles. The predicted octanol–water partition coefficient (Wildman–Crippen LogP) is 5.49. The molecule has 8 nitrogen and oxygen atoms in total. The molecule has 0 amide bonds. The van der Waals surface area contributed by atoms with Crippen LogP contribution in [-0.2, 0) is 26.1 Å². The SMILES string of the molecule is CC(C)CCc1c(CF)n(C(=O)Cc2ccccc2)c(=O)n1Cc1ccc(-c2ccccc2-c2nn[nH]n2)cc1. The molecule has 0 aliphatic heterocycles. The Kier molecular flexibility index (Phi) is 8.10. The number of benzene rings is 3. The van der Waals surface area contributed by atoms with Crippen molar-refractivity contribution in [2.75, 3.05) is 0 Å². The van der Waals surface area contributed by atoms with Crippen LogP contribution < -0.4 is 5.69 Å². The first kappa shape index (κ1) is 26.9. The number of carbonyl (C=O) groups is 1. The van der Waals surface area contributed by atoms with Crippen molar-refractivity contribution in [1.29, 1.82) is 0 Å². The number of imidazole rings is 1. The number of nitrogens with zero attached hydrogens (tertiary/aromatic N) is 5. The molecule has 5 rings (SSSR count). The molecule has 0 atom stereocenters. The van der Waals surface area contributed by atoms with Crippen LogP contribution >= 0.6 is 0 Å². The van der Waals surface area contributed by atoms with Gasteiger partial charge in [0.1, 0.15) is 6.67 Å². The van der Waals surface area contributed by atoms with E-state index in [2.05, 4.69) is 34.5 Å². The van der Waals surface area contributed by atoms with Crippen LogP contribution in [-0.4, -0.2) is 35.7 Å². The van der Waals surface area contributed by atoms with Crippen LogP contribution in [0.3, 0.4) is 0 Å². The highest BCUT2D eigenvalue weighted by atomic mass is 19.1. The van der Waals surface area contributed by atoms with Crippen molar-refractivity contribution in [3.05, 3.63) is 112 Å². The Bertz CT molecular complexity index is 1640. The lowest BCUT2D eigenvalue weighted by atomic mass is 9.98. The minimum absolute atomic E-state index is 0.0237. The zero-order chi connectivity index (χ0) is 28.1. The Morgan fingerprint density at radius 1 is 0.900 bits per heavy atom. The molecule has 0 bridgehead atoms. The molecule has 5 aromatic rings. The Morgan fingerprint density at radius 2 is 1.60 bits per heavy atom. The lowest BCUT2D eigenvalue weighted by Crippen LogP contribution is -2.31. The summed E-state index contributed by atoms with van der Waals surface area (Å²) in [5.74, 6) is 0.432. The lowest BCUT2D eigenvalue weighted by Gasteiger charge is -2.12. The number of nitrogens with one attached hydrogen (secondary N) is 1. The van der Waals surface area contributed by atoms with Gasteiger partial charge >= 0.3 is 5.69 Å². The predicted molar refractivity (Wildman–Crippen MR) is 152 cm³/mol. The van der Waals surface area contributed by atoms with Gasteiger partial charge in [0.15, 0.2) is 0 Å². The Hall–Kier alpha value is -4.66. The van der Waals surface area contributed by atoms with Crippen LogP contribution in [0.15, 0.2) is 83.7 Å². The van der Waals surface area contributed by atoms with Crippen molar-refractivity contribution in [1.82, 2.24) is 29.8 Å². The third kappa shape index (κ3) is 5.68. The van der Waals surface area contributed by atoms with E-state index in [9.17, 15) is 14.0 Å². The van der Waals surface area contributed by atoms with Crippen LogP contribution in [0.25, 0.3) is 22.5 Å². The average Bonchev–Trinajstić information content (AvgIpc) is 3.60. The van der Waals surface area contributed by atoms with E-state index in [1.54, 1.807) is 4.57 Å². The van der Waals surface area contributed by atoms with Crippen LogP contribution in [0, 0.1) is 5.92 Å². The number of aromatic amines is 1. The van der Waals surface area contributed by atoms with E-state index in [-0.39, 0.29) is 18.7 Å². The highest BCUT2D eigenvalue weighted by Gasteiger charge is 2.24. The highest BCUT2D eigenvalue weighted by Crippen LogP contribution is 2.30. The molecule has 0 saturated heterocycles. The number of hydrogen-bond acceptors (Lipinski definition) is 5. The van der Waals surface area contributed by atoms with E-state index in [4.69, 9.17) is 0 Å². The van der Waals surface area contributed by atoms with Gasteiger partial charge in [-0.3, -0.25) is 9.36 Å². The normalized spacial score (nSPS) is 11.3. The van der Waals surface area contributed by atoms with E-state index in [0.717, 1.165) is 38.8 Å². The van der Waals surface area contributed by atoms with E-state index in [1.807, 2.05) is 78.9 Å². The average molecular weight is 539 g/mol. The minimum Gasteiger partial charge on any atom is -0.291 e. The van der Waals surface area contributed by atoms with Gasteiger partial charge in [-0.1, -0.05) is 92.7 Å². The summed E-state index contributed by atoms with van der Waals surface area (Å²) in [6.45, 7) is 3.51. The van der Waals surface area contributed by atoms with Crippen molar-refractivity contribution < 1.29 is 9.18 Å². The first-order chi connectivity index (χ1) is 19.5. The molecule has 0 aliphatic carbocycles. The molecule has 0 unspecified atom stereocenters. The molecule has 0 radical (unpaired) electrons. The Balaban J connectivity index is 1.48. The van der Waals surface area contributed by atoms with Crippen molar-refractivity contribution in [3.8, 4) is 22.5 Å². The first-order valence-corrected chi connectivity index (χ1v) is 13.3. The first-order valence-electron chi connectivity index (χ1n) is 13.3. The fourth-order valence-corrected chi connectivity index (χ4v) is 4.93. The van der Waals surface area contributed by atoms with Gasteiger partial charge < -0.3 is 0 Å². The van der Waals surface area contributed by atoms with Gasteiger partial charge in [0.2, 0.25) is 11.7 Å². The zero-order valence-corrected chi connectivity index (χ0v) is 22.5. The fourth-order valence-electron chi connectivity index (χ4n) is 4.93. The van der Waals surface area contributed by atoms with Crippen molar-refractivity contribution in [3.63, 3.8) is 0 Å². The van der Waals surface area contributed by atoms with E-state index >= 15 is 0 Å².